The van der Waals surface area contributed by atoms with Crippen molar-refractivity contribution < 1.29 is 29.3 Å². The van der Waals surface area contributed by atoms with Crippen LogP contribution in [0.3, 0.4) is 0 Å². The number of benzene rings is 2. The first-order valence-corrected chi connectivity index (χ1v) is 11.7. The minimum atomic E-state index is -1.04. The first kappa shape index (κ1) is 25.0. The van der Waals surface area contributed by atoms with Gasteiger partial charge in [0.1, 0.15) is 5.75 Å². The fourth-order valence-electron chi connectivity index (χ4n) is 2.87. The molecule has 3 N–H and O–H groups in total. The van der Waals surface area contributed by atoms with Crippen LogP contribution in [0.4, 0.5) is 10.5 Å². The van der Waals surface area contributed by atoms with Crippen LogP contribution in [0, 0.1) is 3.57 Å². The van der Waals surface area contributed by atoms with E-state index in [1.165, 1.54) is 19.3 Å². The Balaban J connectivity index is 2.22. The Morgan fingerprint density at radius 1 is 1.23 bits per heavy atom. The smallest absolute Gasteiger partial charge is 0.412 e. The number of phenolic OH excluding ortho intramolecular Hbond substituents is 1. The third-order valence-electron chi connectivity index (χ3n) is 4.39. The number of rotatable bonds is 10. The van der Waals surface area contributed by atoms with Gasteiger partial charge in [-0.15, -0.1) is 11.8 Å². The first-order chi connectivity index (χ1) is 14.8. The van der Waals surface area contributed by atoms with Crippen LogP contribution in [0.2, 0.25) is 0 Å². The van der Waals surface area contributed by atoms with Gasteiger partial charge in [0, 0.05) is 32.9 Å². The van der Waals surface area contributed by atoms with Gasteiger partial charge in [0.15, 0.2) is 6.10 Å². The zero-order valence-corrected chi connectivity index (χ0v) is 20.1. The summed E-state index contributed by atoms with van der Waals surface area (Å²) in [4.78, 5) is 24.4. The quantitative estimate of drug-likeness (QED) is 0.203. The van der Waals surface area contributed by atoms with Gasteiger partial charge in [0.25, 0.3) is 0 Å². The Morgan fingerprint density at radius 2 is 1.94 bits per heavy atom. The molecule has 2 aromatic rings. The molecule has 2 rings (SSSR count). The van der Waals surface area contributed by atoms with E-state index in [0.29, 0.717) is 24.1 Å². The Labute approximate surface area is 199 Å². The molecule has 0 unspecified atom stereocenters. The van der Waals surface area contributed by atoms with Crippen molar-refractivity contribution in [3.8, 4) is 5.75 Å². The van der Waals surface area contributed by atoms with E-state index in [0.717, 1.165) is 14.5 Å². The van der Waals surface area contributed by atoms with Gasteiger partial charge in [-0.25, -0.2) is 9.59 Å². The van der Waals surface area contributed by atoms with Crippen molar-refractivity contribution in [2.24, 2.45) is 0 Å². The molecule has 0 radical (unpaired) electrons. The van der Waals surface area contributed by atoms with Crippen molar-refractivity contribution in [2.75, 3.05) is 18.7 Å². The maximum atomic E-state index is 12.6. The predicted octanol–water partition coefficient (Wildman–Crippen LogP) is 5.44. The van der Waals surface area contributed by atoms with Crippen LogP contribution in [0.1, 0.15) is 24.5 Å². The number of hydrogen-bond acceptors (Lipinski definition) is 6. The molecule has 31 heavy (non-hydrogen) atoms. The topological polar surface area (TPSA) is 105 Å². The summed E-state index contributed by atoms with van der Waals surface area (Å²) in [5.74, 6) is -1.06. The maximum absolute atomic E-state index is 12.6. The predicted molar refractivity (Wildman–Crippen MR) is 129 cm³/mol. The average Bonchev–Trinajstić information content (AvgIpc) is 2.74. The van der Waals surface area contributed by atoms with Crippen LogP contribution < -0.4 is 5.32 Å². The Kier molecular flexibility index (Phi) is 10.2. The number of phenols is 1. The van der Waals surface area contributed by atoms with E-state index in [2.05, 4.69) is 27.9 Å². The molecule has 0 saturated carbocycles. The van der Waals surface area contributed by atoms with Crippen LogP contribution in [-0.4, -0.2) is 41.7 Å². The van der Waals surface area contributed by atoms with E-state index in [1.54, 1.807) is 36.0 Å². The summed E-state index contributed by atoms with van der Waals surface area (Å²) in [6, 6.07) is 12.3. The van der Waals surface area contributed by atoms with Crippen LogP contribution in [0.25, 0.3) is 0 Å². The third-order valence-corrected chi connectivity index (χ3v) is 5.80. The highest BCUT2D eigenvalue weighted by molar-refractivity contribution is 14.1. The lowest BCUT2D eigenvalue weighted by molar-refractivity contribution is -0.131. The fraction of sp³-hybridized carbons (Fsp3) is 0.273. The van der Waals surface area contributed by atoms with Crippen molar-refractivity contribution in [2.45, 2.75) is 29.9 Å². The molecule has 0 bridgehead atoms. The van der Waals surface area contributed by atoms with E-state index < -0.39 is 24.3 Å². The van der Waals surface area contributed by atoms with Crippen LogP contribution in [-0.2, 0) is 14.3 Å². The number of methoxy groups -OCH3 is 1. The minimum absolute atomic E-state index is 0.0225. The number of hydrogen-bond donors (Lipinski definition) is 3. The van der Waals surface area contributed by atoms with Crippen molar-refractivity contribution >= 4 is 52.1 Å². The number of ether oxygens (including phenoxy) is 2. The van der Waals surface area contributed by atoms with Crippen molar-refractivity contribution in [3.05, 3.63) is 63.8 Å². The van der Waals surface area contributed by atoms with Crippen molar-refractivity contribution in [3.63, 3.8) is 0 Å². The zero-order valence-electron chi connectivity index (χ0n) is 17.1. The van der Waals surface area contributed by atoms with Gasteiger partial charge in [-0.1, -0.05) is 6.08 Å². The number of aromatic hydroxyl groups is 1. The highest BCUT2D eigenvalue weighted by Crippen LogP contribution is 2.34. The second-order valence-electron chi connectivity index (χ2n) is 6.47. The van der Waals surface area contributed by atoms with E-state index in [9.17, 15) is 14.7 Å². The molecular weight excluding hydrogens is 533 g/mol. The molecule has 0 spiro atoms. The summed E-state index contributed by atoms with van der Waals surface area (Å²) in [5, 5.41) is 21.8. The highest BCUT2D eigenvalue weighted by Gasteiger charge is 2.29. The molecule has 7 nitrogen and oxygen atoms in total. The molecule has 166 valence electrons. The molecule has 0 aromatic heterocycles. The van der Waals surface area contributed by atoms with E-state index in [1.807, 2.05) is 18.4 Å². The number of carbonyl (C=O) groups is 2. The van der Waals surface area contributed by atoms with Crippen LogP contribution in [0.5, 0.6) is 5.75 Å². The first-order valence-electron chi connectivity index (χ1n) is 9.36. The number of carboxylic acid groups (broad SMARTS) is 1. The molecule has 2 atom stereocenters. The van der Waals surface area contributed by atoms with Gasteiger partial charge in [-0.3, -0.25) is 5.32 Å². The van der Waals surface area contributed by atoms with E-state index >= 15 is 0 Å². The number of nitrogens with one attached hydrogen (secondary N) is 1. The summed E-state index contributed by atoms with van der Waals surface area (Å²) in [6.07, 6.45) is 3.10. The average molecular weight is 557 g/mol. The summed E-state index contributed by atoms with van der Waals surface area (Å²) in [5.41, 5.74) is 0.987. The SMILES string of the molecule is CO[C@H](CC/C=C/C(=O)O)[C@H](OC(=O)Nc1ccc(SC)cc1)c1cc(I)ccc1O. The molecule has 1 amide bonds. The van der Waals surface area contributed by atoms with E-state index in [-0.39, 0.29) is 5.75 Å². The molecule has 0 aliphatic carbocycles. The summed E-state index contributed by atoms with van der Waals surface area (Å²) in [6.45, 7) is 0. The Morgan fingerprint density at radius 3 is 2.55 bits per heavy atom. The Bertz CT molecular complexity index is 919. The third kappa shape index (κ3) is 8.08. The lowest BCUT2D eigenvalue weighted by Gasteiger charge is -2.27. The molecule has 0 fully saturated rings. The van der Waals surface area contributed by atoms with Gasteiger partial charge in [-0.05, 0) is 84.2 Å². The molecule has 2 aromatic carbocycles. The number of carboxylic acids is 1. The second kappa shape index (κ2) is 12.6. The number of anilines is 1. The van der Waals surface area contributed by atoms with Gasteiger partial charge in [-0.2, -0.15) is 0 Å². The maximum Gasteiger partial charge on any atom is 0.412 e. The van der Waals surface area contributed by atoms with Crippen LogP contribution in [0.15, 0.2) is 59.5 Å². The minimum Gasteiger partial charge on any atom is -0.508 e. The van der Waals surface area contributed by atoms with Gasteiger partial charge in [0.05, 0.1) is 6.10 Å². The molecule has 0 heterocycles. The van der Waals surface area contributed by atoms with Gasteiger partial charge in [0.2, 0.25) is 0 Å². The summed E-state index contributed by atoms with van der Waals surface area (Å²) < 4.78 is 12.1. The highest BCUT2D eigenvalue weighted by atomic mass is 127. The molecule has 9 heteroatoms. The normalized spacial score (nSPS) is 13.0. The monoisotopic (exact) mass is 557 g/mol. The number of halogens is 1. The molecule has 0 aliphatic rings. The number of carbonyl (C=O) groups excluding carboxylic acids is 1. The fourth-order valence-corrected chi connectivity index (χ4v) is 3.79. The van der Waals surface area contributed by atoms with Gasteiger partial charge < -0.3 is 19.7 Å². The van der Waals surface area contributed by atoms with E-state index in [4.69, 9.17) is 14.6 Å². The summed E-state index contributed by atoms with van der Waals surface area (Å²) >= 11 is 3.70. The molecule has 0 saturated heterocycles. The number of allylic oxidation sites excluding steroid dienone is 1. The largest absolute Gasteiger partial charge is 0.508 e. The zero-order chi connectivity index (χ0) is 22.8. The number of thioether (sulfide) groups is 1. The molecular formula is C22H24INO6S. The van der Waals surface area contributed by atoms with Crippen molar-refractivity contribution in [1.29, 1.82) is 0 Å². The lowest BCUT2D eigenvalue weighted by Crippen LogP contribution is -2.28. The van der Waals surface area contributed by atoms with Crippen LogP contribution >= 0.6 is 34.4 Å². The lowest BCUT2D eigenvalue weighted by atomic mass is 9.99. The van der Waals surface area contributed by atoms with Crippen molar-refractivity contribution in [1.82, 2.24) is 0 Å². The van der Waals surface area contributed by atoms with Gasteiger partial charge >= 0.3 is 12.1 Å². The Hall–Kier alpha value is -2.24. The summed E-state index contributed by atoms with van der Waals surface area (Å²) in [7, 11) is 1.48. The standard InChI is InChI=1S/C22H24INO6S/c1-29-19(5-3-4-6-20(26)27)21(17-13-14(23)7-12-18(17)25)30-22(28)24-15-8-10-16(31-2)11-9-15/h4,6-13,19,21,25H,3,5H2,1-2H3,(H,24,28)(H,26,27)/b6-4+/t19-,21-/m1/s1. The number of amides is 1. The second-order valence-corrected chi connectivity index (χ2v) is 8.60. The molecule has 0 aliphatic heterocycles. The number of aliphatic carboxylic acids is 1.